The quantitative estimate of drug-likeness (QED) is 0.685. The molecule has 2 N–H and O–H groups in total. The van der Waals surface area contributed by atoms with Crippen molar-refractivity contribution in [3.63, 3.8) is 0 Å². The van der Waals surface area contributed by atoms with Crippen molar-refractivity contribution in [3.8, 4) is 17.2 Å². The van der Waals surface area contributed by atoms with Gasteiger partial charge in [-0.2, -0.15) is 0 Å². The summed E-state index contributed by atoms with van der Waals surface area (Å²) in [5.41, 5.74) is 1.86. The van der Waals surface area contributed by atoms with Crippen LogP contribution in [-0.2, 0) is 11.3 Å². The van der Waals surface area contributed by atoms with Crippen molar-refractivity contribution < 1.29 is 19.0 Å². The second-order valence-electron chi connectivity index (χ2n) is 5.95. The highest BCUT2D eigenvalue weighted by molar-refractivity contribution is 6.30. The molecule has 0 aliphatic carbocycles. The third-order valence-corrected chi connectivity index (χ3v) is 4.45. The van der Waals surface area contributed by atoms with Crippen molar-refractivity contribution in [2.75, 3.05) is 27.9 Å². The third kappa shape index (κ3) is 5.77. The van der Waals surface area contributed by atoms with E-state index in [0.29, 0.717) is 28.8 Å². The molecule has 0 unspecified atom stereocenters. The molecule has 6 nitrogen and oxygen atoms in total. The molecule has 0 heterocycles. The van der Waals surface area contributed by atoms with Crippen LogP contribution >= 0.6 is 11.6 Å². The molecule has 0 spiro atoms. The first-order valence-electron chi connectivity index (χ1n) is 8.53. The predicted octanol–water partition coefficient (Wildman–Crippen LogP) is 3.33. The number of hydrogen-bond acceptors (Lipinski definition) is 5. The van der Waals surface area contributed by atoms with Crippen LogP contribution in [0, 0.1) is 0 Å². The zero-order chi connectivity index (χ0) is 19.8. The van der Waals surface area contributed by atoms with Crippen LogP contribution in [0.2, 0.25) is 5.02 Å². The fourth-order valence-electron chi connectivity index (χ4n) is 2.60. The molecule has 0 aliphatic rings. The van der Waals surface area contributed by atoms with Gasteiger partial charge in [-0.1, -0.05) is 23.7 Å². The molecule has 2 rings (SSSR count). The Morgan fingerprint density at radius 2 is 1.59 bits per heavy atom. The molecule has 0 aliphatic heterocycles. The summed E-state index contributed by atoms with van der Waals surface area (Å²) in [6.07, 6.45) is 0. The molecular weight excluding hydrogens is 368 g/mol. The van der Waals surface area contributed by atoms with Crippen LogP contribution in [0.4, 0.5) is 0 Å². The van der Waals surface area contributed by atoms with E-state index in [0.717, 1.165) is 11.1 Å². The Labute approximate surface area is 164 Å². The van der Waals surface area contributed by atoms with E-state index in [9.17, 15) is 4.79 Å². The summed E-state index contributed by atoms with van der Waals surface area (Å²) >= 11 is 5.90. The number of carbonyl (C=O) groups excluding carboxylic acids is 1. The standard InChI is InChI=1S/C20H25ClN2O4/c1-13(14-5-7-16(21)8-6-14)22-12-20(24)23-11-15-9-18(26-3)19(27-4)10-17(15)25-2/h5-10,13,22H,11-12H2,1-4H3,(H,23,24)/t13-/m0/s1. The Hall–Kier alpha value is -2.44. The van der Waals surface area contributed by atoms with Crippen LogP contribution in [0.5, 0.6) is 17.2 Å². The van der Waals surface area contributed by atoms with Gasteiger partial charge in [0.1, 0.15) is 5.75 Å². The van der Waals surface area contributed by atoms with E-state index >= 15 is 0 Å². The van der Waals surface area contributed by atoms with Crippen molar-refractivity contribution in [1.29, 1.82) is 0 Å². The van der Waals surface area contributed by atoms with Crippen molar-refractivity contribution in [3.05, 3.63) is 52.5 Å². The third-order valence-electron chi connectivity index (χ3n) is 4.20. The number of rotatable bonds is 9. The number of ether oxygens (including phenoxy) is 3. The zero-order valence-electron chi connectivity index (χ0n) is 16.0. The Balaban J connectivity index is 1.92. The van der Waals surface area contributed by atoms with E-state index in [2.05, 4.69) is 10.6 Å². The van der Waals surface area contributed by atoms with Crippen LogP contribution in [0.3, 0.4) is 0 Å². The number of amides is 1. The van der Waals surface area contributed by atoms with Gasteiger partial charge in [-0.15, -0.1) is 0 Å². The van der Waals surface area contributed by atoms with Crippen molar-refractivity contribution in [2.24, 2.45) is 0 Å². The van der Waals surface area contributed by atoms with Gasteiger partial charge in [0.25, 0.3) is 0 Å². The number of nitrogens with one attached hydrogen (secondary N) is 2. The van der Waals surface area contributed by atoms with Crippen LogP contribution in [0.1, 0.15) is 24.1 Å². The van der Waals surface area contributed by atoms with Gasteiger partial charge in [-0.3, -0.25) is 4.79 Å². The molecule has 0 saturated carbocycles. The lowest BCUT2D eigenvalue weighted by molar-refractivity contribution is -0.120. The molecule has 0 radical (unpaired) electrons. The van der Waals surface area contributed by atoms with E-state index in [1.165, 1.54) is 0 Å². The summed E-state index contributed by atoms with van der Waals surface area (Å²) < 4.78 is 15.9. The van der Waals surface area contributed by atoms with Crippen LogP contribution in [0.25, 0.3) is 0 Å². The Kier molecular flexibility index (Phi) is 7.76. The number of benzene rings is 2. The molecule has 2 aromatic carbocycles. The number of methoxy groups -OCH3 is 3. The molecule has 7 heteroatoms. The lowest BCUT2D eigenvalue weighted by Crippen LogP contribution is -2.34. The van der Waals surface area contributed by atoms with Gasteiger partial charge in [0.2, 0.25) is 5.91 Å². The molecule has 0 aromatic heterocycles. The first-order valence-corrected chi connectivity index (χ1v) is 8.90. The number of hydrogen-bond donors (Lipinski definition) is 2. The van der Waals surface area contributed by atoms with Crippen molar-refractivity contribution >= 4 is 17.5 Å². The normalized spacial score (nSPS) is 11.6. The van der Waals surface area contributed by atoms with Gasteiger partial charge >= 0.3 is 0 Å². The predicted molar refractivity (Wildman–Crippen MR) is 106 cm³/mol. The molecular formula is C20H25ClN2O4. The van der Waals surface area contributed by atoms with E-state index < -0.39 is 0 Å². The van der Waals surface area contributed by atoms with Gasteiger partial charge in [0.05, 0.1) is 27.9 Å². The average Bonchev–Trinajstić information content (AvgIpc) is 2.70. The minimum atomic E-state index is -0.118. The summed E-state index contributed by atoms with van der Waals surface area (Å²) in [7, 11) is 4.70. The highest BCUT2D eigenvalue weighted by atomic mass is 35.5. The maximum absolute atomic E-state index is 12.2. The molecule has 0 saturated heterocycles. The molecule has 0 fully saturated rings. The summed E-state index contributed by atoms with van der Waals surface area (Å²) in [4.78, 5) is 12.2. The van der Waals surface area contributed by atoms with E-state index in [-0.39, 0.29) is 18.5 Å². The number of carbonyl (C=O) groups is 1. The molecule has 2 aromatic rings. The van der Waals surface area contributed by atoms with Crippen LogP contribution in [0.15, 0.2) is 36.4 Å². The second kappa shape index (κ2) is 10.0. The van der Waals surface area contributed by atoms with Gasteiger partial charge in [-0.25, -0.2) is 0 Å². The van der Waals surface area contributed by atoms with Crippen LogP contribution < -0.4 is 24.8 Å². The van der Waals surface area contributed by atoms with Crippen LogP contribution in [-0.4, -0.2) is 33.8 Å². The topological polar surface area (TPSA) is 68.8 Å². The molecule has 0 bridgehead atoms. The maximum atomic E-state index is 12.2. The fraction of sp³-hybridized carbons (Fsp3) is 0.350. The monoisotopic (exact) mass is 392 g/mol. The van der Waals surface area contributed by atoms with Crippen molar-refractivity contribution in [2.45, 2.75) is 19.5 Å². The minimum Gasteiger partial charge on any atom is -0.496 e. The Morgan fingerprint density at radius 3 is 2.19 bits per heavy atom. The molecule has 1 atom stereocenters. The molecule has 1 amide bonds. The fourth-order valence-corrected chi connectivity index (χ4v) is 2.73. The van der Waals surface area contributed by atoms with E-state index in [1.807, 2.05) is 31.2 Å². The smallest absolute Gasteiger partial charge is 0.234 e. The summed E-state index contributed by atoms with van der Waals surface area (Å²) in [5, 5.41) is 6.76. The Morgan fingerprint density at radius 1 is 1.00 bits per heavy atom. The Bertz CT molecular complexity index is 765. The summed E-state index contributed by atoms with van der Waals surface area (Å²) in [6, 6.07) is 11.1. The lowest BCUT2D eigenvalue weighted by Gasteiger charge is -2.16. The average molecular weight is 393 g/mol. The molecule has 146 valence electrons. The van der Waals surface area contributed by atoms with Gasteiger partial charge in [0, 0.05) is 29.2 Å². The second-order valence-corrected chi connectivity index (χ2v) is 6.39. The lowest BCUT2D eigenvalue weighted by atomic mass is 10.1. The van der Waals surface area contributed by atoms with Gasteiger partial charge in [-0.05, 0) is 30.7 Å². The minimum absolute atomic E-state index is 0.0311. The maximum Gasteiger partial charge on any atom is 0.234 e. The van der Waals surface area contributed by atoms with E-state index in [1.54, 1.807) is 33.5 Å². The van der Waals surface area contributed by atoms with Gasteiger partial charge < -0.3 is 24.8 Å². The highest BCUT2D eigenvalue weighted by Crippen LogP contribution is 2.34. The van der Waals surface area contributed by atoms with E-state index in [4.69, 9.17) is 25.8 Å². The summed E-state index contributed by atoms with van der Waals surface area (Å²) in [5.74, 6) is 1.66. The number of halogens is 1. The first kappa shape index (κ1) is 20.9. The highest BCUT2D eigenvalue weighted by Gasteiger charge is 2.13. The van der Waals surface area contributed by atoms with Gasteiger partial charge in [0.15, 0.2) is 11.5 Å². The zero-order valence-corrected chi connectivity index (χ0v) is 16.7. The molecule has 27 heavy (non-hydrogen) atoms. The SMILES string of the molecule is COc1cc(OC)c(OC)cc1CNC(=O)CN[C@@H](C)c1ccc(Cl)cc1. The largest absolute Gasteiger partial charge is 0.496 e. The summed E-state index contributed by atoms with van der Waals surface area (Å²) in [6.45, 7) is 2.51. The van der Waals surface area contributed by atoms with Crippen molar-refractivity contribution in [1.82, 2.24) is 10.6 Å². The first-order chi connectivity index (χ1) is 13.0.